The summed E-state index contributed by atoms with van der Waals surface area (Å²) in [7, 11) is 1.75. The molecule has 0 radical (unpaired) electrons. The number of aryl methyl sites for hydroxylation is 2. The minimum atomic E-state index is -0.329. The fraction of sp³-hybridized carbons (Fsp3) is 0.370. The van der Waals surface area contributed by atoms with E-state index < -0.39 is 0 Å². The maximum Gasteiger partial charge on any atom is 0.163 e. The Hall–Kier alpha value is -2.83. The van der Waals surface area contributed by atoms with E-state index in [1.54, 1.807) is 19.5 Å². The Kier molecular flexibility index (Phi) is 6.38. The third-order valence-electron chi connectivity index (χ3n) is 6.49. The molecule has 3 aromatic heterocycles. The first-order valence-corrected chi connectivity index (χ1v) is 12.6. The van der Waals surface area contributed by atoms with Gasteiger partial charge >= 0.3 is 0 Å². The van der Waals surface area contributed by atoms with Crippen LogP contribution in [0.2, 0.25) is 0 Å². The van der Waals surface area contributed by atoms with E-state index in [9.17, 15) is 0 Å². The van der Waals surface area contributed by atoms with Crippen LogP contribution in [0.15, 0.2) is 60.5 Å². The lowest BCUT2D eigenvalue weighted by Gasteiger charge is -2.18. The number of pyridine rings is 1. The van der Waals surface area contributed by atoms with Crippen LogP contribution in [0, 0.1) is 0 Å². The Morgan fingerprint density at radius 2 is 1.97 bits per heavy atom. The smallest absolute Gasteiger partial charge is 0.163 e. The molecule has 0 bridgehead atoms. The van der Waals surface area contributed by atoms with Gasteiger partial charge in [-0.15, -0.1) is 11.3 Å². The molecule has 0 saturated carbocycles. The zero-order chi connectivity index (χ0) is 22.7. The molecule has 0 saturated heterocycles. The van der Waals surface area contributed by atoms with Crippen LogP contribution in [0.5, 0.6) is 0 Å². The molecule has 1 N–H and O–H groups in total. The highest BCUT2D eigenvalue weighted by molar-refractivity contribution is 7.19. The topological polar surface area (TPSA) is 59.9 Å². The monoisotopic (exact) mass is 458 g/mol. The molecular weight excluding hydrogens is 428 g/mol. The lowest BCUT2D eigenvalue weighted by atomic mass is 9.97. The zero-order valence-electron chi connectivity index (χ0n) is 19.3. The molecule has 1 unspecified atom stereocenters. The van der Waals surface area contributed by atoms with Crippen molar-refractivity contribution in [1.82, 2.24) is 15.0 Å². The van der Waals surface area contributed by atoms with Crippen molar-refractivity contribution in [3.8, 4) is 11.4 Å². The number of thiophene rings is 1. The number of rotatable bonds is 7. The number of nitrogens with one attached hydrogen (secondary N) is 1. The van der Waals surface area contributed by atoms with Crippen molar-refractivity contribution in [2.45, 2.75) is 51.0 Å². The molecule has 3 heterocycles. The van der Waals surface area contributed by atoms with E-state index in [-0.39, 0.29) is 5.60 Å². The fourth-order valence-electron chi connectivity index (χ4n) is 4.46. The summed E-state index contributed by atoms with van der Waals surface area (Å²) in [5.74, 6) is 1.74. The number of hydrogen-bond acceptors (Lipinski definition) is 6. The van der Waals surface area contributed by atoms with Crippen LogP contribution in [0.25, 0.3) is 21.6 Å². The van der Waals surface area contributed by atoms with E-state index >= 15 is 0 Å². The van der Waals surface area contributed by atoms with Crippen molar-refractivity contribution in [2.24, 2.45) is 0 Å². The first kappa shape index (κ1) is 22.0. The van der Waals surface area contributed by atoms with Gasteiger partial charge in [0.25, 0.3) is 0 Å². The van der Waals surface area contributed by atoms with Crippen molar-refractivity contribution >= 4 is 27.4 Å². The van der Waals surface area contributed by atoms with E-state index in [1.807, 2.05) is 23.5 Å². The Balaban J connectivity index is 1.36. The molecule has 1 atom stereocenters. The molecule has 33 heavy (non-hydrogen) atoms. The molecule has 2 aliphatic rings. The van der Waals surface area contributed by atoms with Crippen molar-refractivity contribution in [1.29, 1.82) is 0 Å². The number of anilines is 1. The van der Waals surface area contributed by atoms with Gasteiger partial charge in [-0.25, -0.2) is 9.97 Å². The van der Waals surface area contributed by atoms with Crippen molar-refractivity contribution in [2.75, 3.05) is 19.0 Å². The molecule has 170 valence electrons. The fourth-order valence-corrected chi connectivity index (χ4v) is 5.73. The maximum atomic E-state index is 5.58. The van der Waals surface area contributed by atoms with Crippen LogP contribution in [-0.2, 0) is 17.6 Å². The predicted octanol–water partition coefficient (Wildman–Crippen LogP) is 6.28. The van der Waals surface area contributed by atoms with Crippen LogP contribution in [0.4, 0.5) is 5.82 Å². The van der Waals surface area contributed by atoms with E-state index in [0.717, 1.165) is 54.3 Å². The minimum absolute atomic E-state index is 0.329. The standard InChI is InChI=1S/C27H30N4OS/c1-27(32-2)14-5-7-19(11-15-27)8-6-16-29-25-23-21-9-3-4-10-22(21)33-26(23)31-24(30-25)20-12-17-28-18-13-20/h5,7,11-15,17-18H,3-4,6,8-10,16H2,1-2H3,(H,29,30,31). The average molecular weight is 459 g/mol. The van der Waals surface area contributed by atoms with Crippen molar-refractivity contribution < 1.29 is 4.74 Å². The molecule has 0 fully saturated rings. The van der Waals surface area contributed by atoms with Gasteiger partial charge in [0.15, 0.2) is 5.82 Å². The molecule has 0 spiro atoms. The normalized spacial score (nSPS) is 19.9. The second kappa shape index (κ2) is 9.57. The van der Waals surface area contributed by atoms with E-state index in [0.29, 0.717) is 0 Å². The number of fused-ring (bicyclic) bond motifs is 3. The Bertz CT molecular complexity index is 1230. The molecule has 3 aromatic rings. The van der Waals surface area contributed by atoms with Gasteiger partial charge in [0.05, 0.1) is 5.39 Å². The van der Waals surface area contributed by atoms with Crippen LogP contribution in [0.3, 0.4) is 0 Å². The highest BCUT2D eigenvalue weighted by atomic mass is 32.1. The van der Waals surface area contributed by atoms with Crippen molar-refractivity contribution in [3.63, 3.8) is 0 Å². The summed E-state index contributed by atoms with van der Waals surface area (Å²) in [6.45, 7) is 2.93. The summed E-state index contributed by atoms with van der Waals surface area (Å²) in [4.78, 5) is 16.7. The summed E-state index contributed by atoms with van der Waals surface area (Å²) in [6.07, 6.45) is 21.1. The Morgan fingerprint density at radius 1 is 1.12 bits per heavy atom. The lowest BCUT2D eigenvalue weighted by Crippen LogP contribution is -2.20. The predicted molar refractivity (Wildman–Crippen MR) is 137 cm³/mol. The van der Waals surface area contributed by atoms with Gasteiger partial charge in [0.1, 0.15) is 16.2 Å². The molecule has 6 heteroatoms. The largest absolute Gasteiger partial charge is 0.370 e. The highest BCUT2D eigenvalue weighted by Crippen LogP contribution is 2.39. The number of aromatic nitrogens is 3. The van der Waals surface area contributed by atoms with Crippen LogP contribution in [-0.4, -0.2) is 34.2 Å². The zero-order valence-corrected chi connectivity index (χ0v) is 20.1. The van der Waals surface area contributed by atoms with Crippen LogP contribution < -0.4 is 5.32 Å². The quantitative estimate of drug-likeness (QED) is 0.422. The lowest BCUT2D eigenvalue weighted by molar-refractivity contribution is 0.0908. The maximum absolute atomic E-state index is 5.58. The highest BCUT2D eigenvalue weighted by Gasteiger charge is 2.21. The van der Waals surface area contributed by atoms with Gasteiger partial charge < -0.3 is 10.1 Å². The van der Waals surface area contributed by atoms with Gasteiger partial charge in [-0.3, -0.25) is 4.98 Å². The van der Waals surface area contributed by atoms with Gasteiger partial charge in [-0.1, -0.05) is 18.2 Å². The number of allylic oxidation sites excluding steroid dienone is 4. The second-order valence-electron chi connectivity index (χ2n) is 8.88. The second-order valence-corrected chi connectivity index (χ2v) is 9.96. The van der Waals surface area contributed by atoms with Gasteiger partial charge in [-0.2, -0.15) is 0 Å². The number of hydrogen-bond donors (Lipinski definition) is 1. The number of nitrogens with zero attached hydrogens (tertiary/aromatic N) is 3. The summed E-state index contributed by atoms with van der Waals surface area (Å²) in [5.41, 5.74) is 3.45. The molecule has 5 rings (SSSR count). The number of ether oxygens (including phenoxy) is 1. The third-order valence-corrected chi connectivity index (χ3v) is 7.68. The molecule has 2 aliphatic carbocycles. The molecule has 0 aliphatic heterocycles. The van der Waals surface area contributed by atoms with Gasteiger partial charge in [-0.05, 0) is 80.9 Å². The average Bonchev–Trinajstić information content (AvgIpc) is 3.13. The van der Waals surface area contributed by atoms with E-state index in [4.69, 9.17) is 14.7 Å². The summed E-state index contributed by atoms with van der Waals surface area (Å²) >= 11 is 1.84. The SMILES string of the molecule is COC1(C)C=CC=C(CCCNc2nc(-c3ccncc3)nc3sc4c(c23)CCCC4)C=C1. The summed E-state index contributed by atoms with van der Waals surface area (Å²) in [5, 5.41) is 4.90. The minimum Gasteiger partial charge on any atom is -0.370 e. The van der Waals surface area contributed by atoms with Crippen LogP contribution in [0.1, 0.15) is 43.0 Å². The van der Waals surface area contributed by atoms with Gasteiger partial charge in [0.2, 0.25) is 0 Å². The Labute approximate surface area is 199 Å². The number of methoxy groups -OCH3 is 1. The van der Waals surface area contributed by atoms with Gasteiger partial charge in [0, 0.05) is 36.5 Å². The summed E-state index contributed by atoms with van der Waals surface area (Å²) < 4.78 is 5.58. The Morgan fingerprint density at radius 3 is 2.82 bits per heavy atom. The van der Waals surface area contributed by atoms with Crippen LogP contribution >= 0.6 is 11.3 Å². The molecule has 5 nitrogen and oxygen atoms in total. The van der Waals surface area contributed by atoms with Crippen molar-refractivity contribution in [3.05, 3.63) is 70.9 Å². The first-order chi connectivity index (χ1) is 16.1. The molecule has 0 aromatic carbocycles. The van der Waals surface area contributed by atoms with E-state index in [1.165, 1.54) is 34.2 Å². The first-order valence-electron chi connectivity index (χ1n) is 11.7. The van der Waals surface area contributed by atoms with E-state index in [2.05, 4.69) is 47.6 Å². The molecular formula is C27H30N4OS. The third kappa shape index (κ3) is 4.77. The summed E-state index contributed by atoms with van der Waals surface area (Å²) in [6, 6.07) is 3.95. The molecule has 0 amide bonds.